The molecule has 1 aromatic rings. The largest absolute Gasteiger partial charge is 0.327 e. The molecule has 1 aromatic carbocycles. The average Bonchev–Trinajstić information content (AvgIpc) is 3.23. The fraction of sp³-hybridized carbons (Fsp3) is 0.500. The molecule has 4 N–H and O–H groups in total. The van der Waals surface area contributed by atoms with Gasteiger partial charge in [-0.1, -0.05) is 6.42 Å². The Kier molecular flexibility index (Phi) is 5.42. The van der Waals surface area contributed by atoms with Crippen molar-refractivity contribution in [3.8, 4) is 0 Å². The number of amides is 2. The molecule has 120 valence electrons. The van der Waals surface area contributed by atoms with E-state index in [4.69, 9.17) is 5.73 Å². The molecule has 3 rings (SSSR count). The second-order valence-electron chi connectivity index (χ2n) is 6.03. The van der Waals surface area contributed by atoms with Crippen LogP contribution in [0.1, 0.15) is 32.1 Å². The Balaban J connectivity index is 0.00000176. The molecule has 5 nitrogen and oxygen atoms in total. The summed E-state index contributed by atoms with van der Waals surface area (Å²) in [6, 6.07) is 7.21. The van der Waals surface area contributed by atoms with Crippen molar-refractivity contribution < 1.29 is 9.59 Å². The van der Waals surface area contributed by atoms with Gasteiger partial charge < -0.3 is 16.4 Å². The van der Waals surface area contributed by atoms with Crippen molar-refractivity contribution in [2.45, 2.75) is 38.1 Å². The minimum atomic E-state index is -0.0840. The Morgan fingerprint density at radius 2 is 1.45 bits per heavy atom. The quantitative estimate of drug-likeness (QED) is 0.796. The van der Waals surface area contributed by atoms with Crippen molar-refractivity contribution in [2.24, 2.45) is 17.6 Å². The van der Waals surface area contributed by atoms with Gasteiger partial charge in [0.25, 0.3) is 0 Å². The molecule has 2 aliphatic carbocycles. The van der Waals surface area contributed by atoms with Gasteiger partial charge in [0.2, 0.25) is 11.8 Å². The molecule has 0 heterocycles. The number of nitrogens with one attached hydrogen (secondary N) is 2. The van der Waals surface area contributed by atoms with E-state index in [1.54, 1.807) is 12.1 Å². The Hall–Kier alpha value is -1.59. The van der Waals surface area contributed by atoms with E-state index in [0.29, 0.717) is 0 Å². The van der Waals surface area contributed by atoms with Crippen LogP contribution >= 0.6 is 12.4 Å². The van der Waals surface area contributed by atoms with Crippen molar-refractivity contribution in [2.75, 3.05) is 10.6 Å². The SMILES string of the molecule is Cl.NC1CCCC1C(=O)Nc1ccc(NC(=O)C2CC2)cc1. The maximum Gasteiger partial charge on any atom is 0.229 e. The molecule has 2 fully saturated rings. The predicted octanol–water partition coefficient (Wildman–Crippen LogP) is 2.52. The fourth-order valence-corrected chi connectivity index (χ4v) is 2.78. The third-order valence-electron chi connectivity index (χ3n) is 4.27. The Bertz CT molecular complexity index is 543. The molecule has 22 heavy (non-hydrogen) atoms. The molecule has 0 aromatic heterocycles. The molecule has 0 saturated heterocycles. The minimum Gasteiger partial charge on any atom is -0.327 e. The highest BCUT2D eigenvalue weighted by Crippen LogP contribution is 2.30. The van der Waals surface area contributed by atoms with Crippen molar-refractivity contribution in [1.29, 1.82) is 0 Å². The van der Waals surface area contributed by atoms with Gasteiger partial charge >= 0.3 is 0 Å². The van der Waals surface area contributed by atoms with Crippen LogP contribution in [0.3, 0.4) is 0 Å². The van der Waals surface area contributed by atoms with Crippen LogP contribution in [0.2, 0.25) is 0 Å². The summed E-state index contributed by atoms with van der Waals surface area (Å²) >= 11 is 0. The first kappa shape index (κ1) is 16.8. The van der Waals surface area contributed by atoms with Crippen molar-refractivity contribution in [1.82, 2.24) is 0 Å². The summed E-state index contributed by atoms with van der Waals surface area (Å²) < 4.78 is 0. The molecular formula is C16H22ClN3O2. The van der Waals surface area contributed by atoms with Gasteiger partial charge in [-0.15, -0.1) is 12.4 Å². The van der Waals surface area contributed by atoms with E-state index in [9.17, 15) is 9.59 Å². The molecule has 0 spiro atoms. The smallest absolute Gasteiger partial charge is 0.229 e. The number of rotatable bonds is 4. The van der Waals surface area contributed by atoms with E-state index >= 15 is 0 Å². The zero-order valence-corrected chi connectivity index (χ0v) is 13.2. The molecule has 2 atom stereocenters. The number of halogens is 1. The number of benzene rings is 1. The van der Waals surface area contributed by atoms with Crippen LogP contribution in [-0.2, 0) is 9.59 Å². The highest BCUT2D eigenvalue weighted by molar-refractivity contribution is 5.95. The van der Waals surface area contributed by atoms with Crippen LogP contribution in [-0.4, -0.2) is 17.9 Å². The summed E-state index contributed by atoms with van der Waals surface area (Å²) in [5.41, 5.74) is 7.44. The maximum atomic E-state index is 12.1. The van der Waals surface area contributed by atoms with Crippen LogP contribution < -0.4 is 16.4 Å². The standard InChI is InChI=1S/C16H21N3O2.ClH/c17-14-3-1-2-13(14)16(21)19-12-8-6-11(7-9-12)18-15(20)10-4-5-10;/h6-10,13-14H,1-5,17H2,(H,18,20)(H,19,21);1H. The highest BCUT2D eigenvalue weighted by Gasteiger charge is 2.30. The zero-order chi connectivity index (χ0) is 14.8. The second-order valence-corrected chi connectivity index (χ2v) is 6.03. The molecule has 2 aliphatic rings. The number of carbonyl (C=O) groups is 2. The summed E-state index contributed by atoms with van der Waals surface area (Å²) in [4.78, 5) is 23.8. The highest BCUT2D eigenvalue weighted by atomic mass is 35.5. The topological polar surface area (TPSA) is 84.2 Å². The molecule has 0 bridgehead atoms. The van der Waals surface area contributed by atoms with Gasteiger partial charge in [0.05, 0.1) is 5.92 Å². The van der Waals surface area contributed by atoms with Crippen LogP contribution in [0.4, 0.5) is 11.4 Å². The van der Waals surface area contributed by atoms with Crippen LogP contribution in [0, 0.1) is 11.8 Å². The van der Waals surface area contributed by atoms with E-state index in [-0.39, 0.29) is 42.1 Å². The predicted molar refractivity (Wildman–Crippen MR) is 89.0 cm³/mol. The number of anilines is 2. The van der Waals surface area contributed by atoms with E-state index in [1.165, 1.54) is 0 Å². The third kappa shape index (κ3) is 3.99. The second kappa shape index (κ2) is 7.11. The van der Waals surface area contributed by atoms with Crippen molar-refractivity contribution in [3.05, 3.63) is 24.3 Å². The lowest BCUT2D eigenvalue weighted by Crippen LogP contribution is -2.34. The summed E-state index contributed by atoms with van der Waals surface area (Å²) in [5.74, 6) is 0.186. The van der Waals surface area contributed by atoms with Crippen molar-refractivity contribution >= 4 is 35.6 Å². The molecule has 6 heteroatoms. The fourth-order valence-electron chi connectivity index (χ4n) is 2.78. The van der Waals surface area contributed by atoms with Crippen LogP contribution in [0.25, 0.3) is 0 Å². The molecule has 2 saturated carbocycles. The van der Waals surface area contributed by atoms with Crippen LogP contribution in [0.5, 0.6) is 0 Å². The Morgan fingerprint density at radius 1 is 0.909 bits per heavy atom. The first-order chi connectivity index (χ1) is 10.1. The first-order valence-corrected chi connectivity index (χ1v) is 7.61. The average molecular weight is 324 g/mol. The van der Waals surface area contributed by atoms with Crippen LogP contribution in [0.15, 0.2) is 24.3 Å². The Morgan fingerprint density at radius 3 is 1.91 bits per heavy atom. The molecule has 0 aliphatic heterocycles. The van der Waals surface area contributed by atoms with E-state index < -0.39 is 0 Å². The Labute approximate surface area is 136 Å². The third-order valence-corrected chi connectivity index (χ3v) is 4.27. The summed E-state index contributed by atoms with van der Waals surface area (Å²) in [6.07, 6.45) is 4.78. The lowest BCUT2D eigenvalue weighted by atomic mass is 10.0. The van der Waals surface area contributed by atoms with E-state index in [0.717, 1.165) is 43.5 Å². The van der Waals surface area contributed by atoms with Gasteiger partial charge in [0, 0.05) is 23.3 Å². The lowest BCUT2D eigenvalue weighted by Gasteiger charge is -2.15. The number of hydrogen-bond donors (Lipinski definition) is 3. The molecule has 2 amide bonds. The van der Waals surface area contributed by atoms with Crippen molar-refractivity contribution in [3.63, 3.8) is 0 Å². The molecule has 2 unspecified atom stereocenters. The summed E-state index contributed by atoms with van der Waals surface area (Å²) in [6.45, 7) is 0. The van der Waals surface area contributed by atoms with Gasteiger partial charge in [-0.25, -0.2) is 0 Å². The van der Waals surface area contributed by atoms with Gasteiger partial charge in [0.1, 0.15) is 0 Å². The van der Waals surface area contributed by atoms with Gasteiger partial charge in [-0.3, -0.25) is 9.59 Å². The van der Waals surface area contributed by atoms with Gasteiger partial charge in [0.15, 0.2) is 0 Å². The lowest BCUT2D eigenvalue weighted by molar-refractivity contribution is -0.120. The first-order valence-electron chi connectivity index (χ1n) is 7.61. The minimum absolute atomic E-state index is 0. The molecule has 0 radical (unpaired) electrons. The molecular weight excluding hydrogens is 302 g/mol. The van der Waals surface area contributed by atoms with Gasteiger partial charge in [-0.05, 0) is 49.9 Å². The summed E-state index contributed by atoms with van der Waals surface area (Å²) in [7, 11) is 0. The van der Waals surface area contributed by atoms with E-state index in [2.05, 4.69) is 10.6 Å². The number of nitrogens with two attached hydrogens (primary N) is 1. The zero-order valence-electron chi connectivity index (χ0n) is 12.4. The van der Waals surface area contributed by atoms with E-state index in [1.807, 2.05) is 12.1 Å². The normalized spacial score (nSPS) is 23.5. The maximum absolute atomic E-state index is 12.1. The number of hydrogen-bond acceptors (Lipinski definition) is 3. The number of carbonyl (C=O) groups excluding carboxylic acids is 2. The monoisotopic (exact) mass is 323 g/mol. The van der Waals surface area contributed by atoms with Gasteiger partial charge in [-0.2, -0.15) is 0 Å². The summed E-state index contributed by atoms with van der Waals surface area (Å²) in [5, 5.41) is 5.77.